The fourth-order valence-corrected chi connectivity index (χ4v) is 3.09. The summed E-state index contributed by atoms with van der Waals surface area (Å²) < 4.78 is 43.4. The maximum Gasteiger partial charge on any atom is 0.416 e. The SMILES string of the molecule is COc1ccc(N2C[C@@H](C(=O)NCc3cccc(C(F)(F)F)c3)CC2=O)cc1. The van der Waals surface area contributed by atoms with Crippen LogP contribution in [0.2, 0.25) is 0 Å². The van der Waals surface area contributed by atoms with Crippen LogP contribution >= 0.6 is 0 Å². The number of carbonyl (C=O) groups excluding carboxylic acids is 2. The van der Waals surface area contributed by atoms with Gasteiger partial charge in [0.25, 0.3) is 0 Å². The van der Waals surface area contributed by atoms with Gasteiger partial charge >= 0.3 is 6.18 Å². The molecule has 28 heavy (non-hydrogen) atoms. The van der Waals surface area contributed by atoms with Crippen LogP contribution in [-0.4, -0.2) is 25.5 Å². The van der Waals surface area contributed by atoms with E-state index in [1.807, 2.05) is 0 Å². The second-order valence-corrected chi connectivity index (χ2v) is 6.52. The second kappa shape index (κ2) is 7.92. The number of anilines is 1. The zero-order valence-electron chi connectivity index (χ0n) is 15.1. The molecule has 2 amide bonds. The van der Waals surface area contributed by atoms with Crippen molar-refractivity contribution in [3.63, 3.8) is 0 Å². The normalized spacial score (nSPS) is 16.9. The monoisotopic (exact) mass is 392 g/mol. The molecule has 0 unspecified atom stereocenters. The number of amides is 2. The van der Waals surface area contributed by atoms with E-state index in [9.17, 15) is 22.8 Å². The number of hydrogen-bond acceptors (Lipinski definition) is 3. The molecule has 8 heteroatoms. The lowest BCUT2D eigenvalue weighted by atomic mass is 10.1. The molecule has 1 saturated heterocycles. The van der Waals surface area contributed by atoms with Gasteiger partial charge in [-0.1, -0.05) is 12.1 Å². The summed E-state index contributed by atoms with van der Waals surface area (Å²) in [5.41, 5.74) is 0.250. The van der Waals surface area contributed by atoms with Gasteiger partial charge in [0.1, 0.15) is 5.75 Å². The maximum absolute atomic E-state index is 12.8. The molecule has 0 aromatic heterocycles. The van der Waals surface area contributed by atoms with Crippen LogP contribution in [0.1, 0.15) is 17.5 Å². The average Bonchev–Trinajstić information content (AvgIpc) is 3.07. The minimum absolute atomic E-state index is 0.0318. The smallest absolute Gasteiger partial charge is 0.416 e. The van der Waals surface area contributed by atoms with Crippen molar-refractivity contribution in [2.75, 3.05) is 18.6 Å². The topological polar surface area (TPSA) is 58.6 Å². The Hall–Kier alpha value is -3.03. The first-order valence-electron chi connectivity index (χ1n) is 8.66. The lowest BCUT2D eigenvalue weighted by molar-refractivity contribution is -0.137. The Morgan fingerprint density at radius 2 is 1.93 bits per heavy atom. The highest BCUT2D eigenvalue weighted by atomic mass is 19.4. The third kappa shape index (κ3) is 4.44. The number of halogens is 3. The van der Waals surface area contributed by atoms with Crippen LogP contribution in [0, 0.1) is 5.92 Å². The molecule has 2 aromatic carbocycles. The first kappa shape index (κ1) is 19.7. The van der Waals surface area contributed by atoms with Gasteiger partial charge in [0, 0.05) is 25.2 Å². The molecule has 0 bridgehead atoms. The van der Waals surface area contributed by atoms with E-state index in [1.165, 1.54) is 17.0 Å². The van der Waals surface area contributed by atoms with Crippen molar-refractivity contribution in [2.24, 2.45) is 5.92 Å². The standard InChI is InChI=1S/C20H19F3N2O3/c1-28-17-7-5-16(6-8-17)25-12-14(10-18(25)26)19(27)24-11-13-3-2-4-15(9-13)20(21,22)23/h2-9,14H,10-12H2,1H3,(H,24,27)/t14-/m0/s1. The first-order chi connectivity index (χ1) is 13.3. The molecule has 0 aliphatic carbocycles. The molecule has 0 spiro atoms. The van der Waals surface area contributed by atoms with Gasteiger partial charge in [-0.05, 0) is 42.0 Å². The van der Waals surface area contributed by atoms with E-state index < -0.39 is 17.7 Å². The van der Waals surface area contributed by atoms with Crippen molar-refractivity contribution >= 4 is 17.5 Å². The summed E-state index contributed by atoms with van der Waals surface area (Å²) in [7, 11) is 1.54. The number of nitrogens with one attached hydrogen (secondary N) is 1. The molecule has 1 N–H and O–H groups in total. The van der Waals surface area contributed by atoms with E-state index in [0.29, 0.717) is 17.0 Å². The Labute approximate surface area is 160 Å². The highest BCUT2D eigenvalue weighted by Crippen LogP contribution is 2.30. The zero-order valence-corrected chi connectivity index (χ0v) is 15.1. The first-order valence-corrected chi connectivity index (χ1v) is 8.66. The van der Waals surface area contributed by atoms with Gasteiger partial charge in [0.2, 0.25) is 11.8 Å². The van der Waals surface area contributed by atoms with Crippen LogP contribution in [0.4, 0.5) is 18.9 Å². The summed E-state index contributed by atoms with van der Waals surface area (Å²) in [5, 5.41) is 2.63. The molecule has 0 radical (unpaired) electrons. The largest absolute Gasteiger partial charge is 0.497 e. The summed E-state index contributed by atoms with van der Waals surface area (Å²) in [4.78, 5) is 26.2. The Bertz CT molecular complexity index is 866. The van der Waals surface area contributed by atoms with Crippen LogP contribution < -0.4 is 15.0 Å². The molecule has 1 aliphatic heterocycles. The zero-order chi connectivity index (χ0) is 20.3. The van der Waals surface area contributed by atoms with Crippen LogP contribution in [0.5, 0.6) is 5.75 Å². The summed E-state index contributed by atoms with van der Waals surface area (Å²) in [6.45, 7) is 0.190. The van der Waals surface area contributed by atoms with E-state index in [4.69, 9.17) is 4.74 Å². The lowest BCUT2D eigenvalue weighted by Gasteiger charge is -2.17. The van der Waals surface area contributed by atoms with E-state index >= 15 is 0 Å². The van der Waals surface area contributed by atoms with Crippen LogP contribution in [0.15, 0.2) is 48.5 Å². The third-order valence-electron chi connectivity index (χ3n) is 4.60. The minimum atomic E-state index is -4.43. The van der Waals surface area contributed by atoms with E-state index in [2.05, 4.69) is 5.32 Å². The number of rotatable bonds is 5. The van der Waals surface area contributed by atoms with Crippen molar-refractivity contribution in [1.29, 1.82) is 0 Å². The average molecular weight is 392 g/mol. The van der Waals surface area contributed by atoms with E-state index in [-0.39, 0.29) is 31.3 Å². The van der Waals surface area contributed by atoms with Crippen molar-refractivity contribution in [3.05, 3.63) is 59.7 Å². The van der Waals surface area contributed by atoms with Crippen LogP contribution in [-0.2, 0) is 22.3 Å². The predicted molar refractivity (Wildman–Crippen MR) is 96.7 cm³/mol. The molecule has 5 nitrogen and oxygen atoms in total. The summed E-state index contributed by atoms with van der Waals surface area (Å²) in [5.74, 6) is -0.433. The molecule has 1 fully saturated rings. The van der Waals surface area contributed by atoms with Gasteiger partial charge in [-0.15, -0.1) is 0 Å². The number of methoxy groups -OCH3 is 1. The van der Waals surface area contributed by atoms with E-state index in [0.717, 1.165) is 12.1 Å². The second-order valence-electron chi connectivity index (χ2n) is 6.52. The Morgan fingerprint density at radius 1 is 1.21 bits per heavy atom. The summed E-state index contributed by atoms with van der Waals surface area (Å²) in [6.07, 6.45) is -4.38. The van der Waals surface area contributed by atoms with Crippen molar-refractivity contribution in [2.45, 2.75) is 19.1 Å². The highest BCUT2D eigenvalue weighted by molar-refractivity contribution is 6.00. The fourth-order valence-electron chi connectivity index (χ4n) is 3.09. The highest BCUT2D eigenvalue weighted by Gasteiger charge is 2.35. The molecule has 1 aliphatic rings. The minimum Gasteiger partial charge on any atom is -0.497 e. The third-order valence-corrected chi connectivity index (χ3v) is 4.60. The van der Waals surface area contributed by atoms with Crippen molar-refractivity contribution in [1.82, 2.24) is 5.32 Å². The molecule has 2 aromatic rings. The number of ether oxygens (including phenoxy) is 1. The van der Waals surface area contributed by atoms with Crippen LogP contribution in [0.3, 0.4) is 0 Å². The Morgan fingerprint density at radius 3 is 2.57 bits per heavy atom. The Balaban J connectivity index is 1.60. The molecule has 3 rings (SSSR count). The van der Waals surface area contributed by atoms with Gasteiger partial charge in [-0.2, -0.15) is 13.2 Å². The van der Waals surface area contributed by atoms with Gasteiger partial charge in [0.15, 0.2) is 0 Å². The summed E-state index contributed by atoms with van der Waals surface area (Å²) >= 11 is 0. The lowest BCUT2D eigenvalue weighted by Crippen LogP contribution is -2.32. The van der Waals surface area contributed by atoms with Gasteiger partial charge in [-0.25, -0.2) is 0 Å². The molecular formula is C20H19F3N2O3. The maximum atomic E-state index is 12.8. The number of nitrogens with zero attached hydrogens (tertiary/aromatic N) is 1. The molecule has 148 valence electrons. The Kier molecular flexibility index (Phi) is 5.58. The van der Waals surface area contributed by atoms with Crippen molar-refractivity contribution < 1.29 is 27.5 Å². The fraction of sp³-hybridized carbons (Fsp3) is 0.300. The number of carbonyl (C=O) groups is 2. The molecule has 0 saturated carbocycles. The number of hydrogen-bond donors (Lipinski definition) is 1. The van der Waals surface area contributed by atoms with Gasteiger partial charge < -0.3 is 15.0 Å². The molecule has 1 heterocycles. The molecular weight excluding hydrogens is 373 g/mol. The summed E-state index contributed by atoms with van der Waals surface area (Å²) in [6, 6.07) is 11.7. The van der Waals surface area contributed by atoms with E-state index in [1.54, 1.807) is 31.4 Å². The van der Waals surface area contributed by atoms with Crippen molar-refractivity contribution in [3.8, 4) is 5.75 Å². The predicted octanol–water partition coefficient (Wildman–Crippen LogP) is 3.38. The van der Waals surface area contributed by atoms with Gasteiger partial charge in [0.05, 0.1) is 18.6 Å². The van der Waals surface area contributed by atoms with Crippen LogP contribution in [0.25, 0.3) is 0 Å². The quantitative estimate of drug-likeness (QED) is 0.849. The van der Waals surface area contributed by atoms with Gasteiger partial charge in [-0.3, -0.25) is 9.59 Å². The molecule has 1 atom stereocenters. The number of benzene rings is 2. The number of alkyl halides is 3.